The summed E-state index contributed by atoms with van der Waals surface area (Å²) in [6.07, 6.45) is 8.20. The second-order valence-electron chi connectivity index (χ2n) is 6.84. The highest BCUT2D eigenvalue weighted by Crippen LogP contribution is 2.46. The van der Waals surface area contributed by atoms with Crippen molar-refractivity contribution in [1.29, 1.82) is 0 Å². The number of thioether (sulfide) groups is 1. The lowest BCUT2D eigenvalue weighted by atomic mass is 9.72. The average Bonchev–Trinajstić information content (AvgIpc) is 3.13. The molecule has 18 heavy (non-hydrogen) atoms. The molecule has 3 fully saturated rings. The van der Waals surface area contributed by atoms with E-state index in [0.717, 1.165) is 31.8 Å². The number of aliphatic hydroxyl groups is 1. The van der Waals surface area contributed by atoms with Gasteiger partial charge in [-0.1, -0.05) is 12.8 Å². The zero-order chi connectivity index (χ0) is 12.6. The van der Waals surface area contributed by atoms with E-state index in [2.05, 4.69) is 6.92 Å². The first-order valence-electron chi connectivity index (χ1n) is 7.54. The highest BCUT2D eigenvalue weighted by molar-refractivity contribution is 7.99. The molecule has 3 rings (SSSR count). The Morgan fingerprint density at radius 3 is 2.67 bits per heavy atom. The molecule has 3 heteroatoms. The van der Waals surface area contributed by atoms with Crippen LogP contribution in [-0.4, -0.2) is 34.4 Å². The van der Waals surface area contributed by atoms with Gasteiger partial charge >= 0.3 is 0 Å². The van der Waals surface area contributed by atoms with Crippen molar-refractivity contribution in [2.75, 3.05) is 18.1 Å². The van der Waals surface area contributed by atoms with Crippen molar-refractivity contribution in [3.8, 4) is 0 Å². The smallest absolute Gasteiger partial charge is 0.0702 e. The van der Waals surface area contributed by atoms with Crippen LogP contribution in [0.4, 0.5) is 0 Å². The zero-order valence-electron chi connectivity index (χ0n) is 11.5. The second-order valence-corrected chi connectivity index (χ2v) is 8.06. The maximum Gasteiger partial charge on any atom is 0.0702 e. The van der Waals surface area contributed by atoms with E-state index < -0.39 is 5.60 Å². The summed E-state index contributed by atoms with van der Waals surface area (Å²) in [5.41, 5.74) is -0.343. The Hall–Kier alpha value is 0.270. The van der Waals surface area contributed by atoms with Crippen LogP contribution in [0.2, 0.25) is 0 Å². The van der Waals surface area contributed by atoms with E-state index in [0.29, 0.717) is 5.92 Å². The number of hydrogen-bond acceptors (Lipinski definition) is 3. The maximum absolute atomic E-state index is 10.8. The predicted octanol–water partition coefficient (Wildman–Crippen LogP) is 3.23. The van der Waals surface area contributed by atoms with Gasteiger partial charge in [0, 0.05) is 6.61 Å². The quantitative estimate of drug-likeness (QED) is 0.854. The van der Waals surface area contributed by atoms with Crippen LogP contribution < -0.4 is 0 Å². The van der Waals surface area contributed by atoms with Crippen LogP contribution >= 0.6 is 11.8 Å². The van der Waals surface area contributed by atoms with Crippen LogP contribution in [0.25, 0.3) is 0 Å². The summed E-state index contributed by atoms with van der Waals surface area (Å²) >= 11 is 2.05. The van der Waals surface area contributed by atoms with Gasteiger partial charge in [-0.3, -0.25) is 0 Å². The van der Waals surface area contributed by atoms with Crippen LogP contribution in [0.1, 0.15) is 51.9 Å². The van der Waals surface area contributed by atoms with E-state index in [-0.39, 0.29) is 5.60 Å². The van der Waals surface area contributed by atoms with E-state index in [4.69, 9.17) is 4.74 Å². The maximum atomic E-state index is 10.8. The Morgan fingerprint density at radius 1 is 1.28 bits per heavy atom. The lowest BCUT2D eigenvalue weighted by molar-refractivity contribution is -0.144. The van der Waals surface area contributed by atoms with Gasteiger partial charge < -0.3 is 9.84 Å². The molecule has 3 aliphatic rings. The molecule has 1 N–H and O–H groups in total. The second kappa shape index (κ2) is 4.99. The molecular formula is C15H26O2S. The van der Waals surface area contributed by atoms with Crippen molar-refractivity contribution in [3.05, 3.63) is 0 Å². The summed E-state index contributed by atoms with van der Waals surface area (Å²) in [5.74, 6) is 3.73. The molecule has 104 valence electrons. The Labute approximate surface area is 115 Å². The van der Waals surface area contributed by atoms with Crippen molar-refractivity contribution in [2.24, 2.45) is 11.8 Å². The number of hydrogen-bond donors (Lipinski definition) is 1. The normalized spacial score (nSPS) is 35.3. The molecule has 2 nitrogen and oxygen atoms in total. The largest absolute Gasteiger partial charge is 0.390 e. The molecule has 0 aromatic carbocycles. The van der Waals surface area contributed by atoms with E-state index in [1.54, 1.807) is 0 Å². The minimum absolute atomic E-state index is 0.113. The molecule has 2 atom stereocenters. The van der Waals surface area contributed by atoms with E-state index in [9.17, 15) is 5.11 Å². The van der Waals surface area contributed by atoms with Crippen molar-refractivity contribution < 1.29 is 9.84 Å². The number of ether oxygens (including phenoxy) is 1. The summed E-state index contributed by atoms with van der Waals surface area (Å²) in [4.78, 5) is 0. The zero-order valence-corrected chi connectivity index (χ0v) is 12.3. The summed E-state index contributed by atoms with van der Waals surface area (Å²) in [7, 11) is 0. The first kappa shape index (κ1) is 13.3. The van der Waals surface area contributed by atoms with Gasteiger partial charge in [0.05, 0.1) is 11.2 Å². The Bertz CT molecular complexity index is 287. The van der Waals surface area contributed by atoms with E-state index in [1.165, 1.54) is 37.2 Å². The average molecular weight is 270 g/mol. The van der Waals surface area contributed by atoms with Crippen molar-refractivity contribution in [2.45, 2.75) is 63.1 Å². The van der Waals surface area contributed by atoms with Gasteiger partial charge in [0.2, 0.25) is 0 Å². The molecule has 2 aliphatic heterocycles. The van der Waals surface area contributed by atoms with Gasteiger partial charge in [-0.2, -0.15) is 11.8 Å². The molecule has 0 aromatic rings. The summed E-state index contributed by atoms with van der Waals surface area (Å²) in [6.45, 7) is 2.93. The van der Waals surface area contributed by atoms with Crippen molar-refractivity contribution >= 4 is 11.8 Å². The molecule has 2 heterocycles. The summed E-state index contributed by atoms with van der Waals surface area (Å²) in [6, 6.07) is 0. The van der Waals surface area contributed by atoms with Crippen LogP contribution in [0.5, 0.6) is 0 Å². The third-order valence-corrected chi connectivity index (χ3v) is 6.16. The Morgan fingerprint density at radius 2 is 2.00 bits per heavy atom. The minimum Gasteiger partial charge on any atom is -0.390 e. The van der Waals surface area contributed by atoms with Gasteiger partial charge in [-0.05, 0) is 62.4 Å². The topological polar surface area (TPSA) is 29.5 Å². The molecule has 2 unspecified atom stereocenters. The molecule has 1 spiro atoms. The van der Waals surface area contributed by atoms with Crippen molar-refractivity contribution in [3.63, 3.8) is 0 Å². The fourth-order valence-electron chi connectivity index (χ4n) is 3.72. The molecular weight excluding hydrogens is 244 g/mol. The fraction of sp³-hybridized carbons (Fsp3) is 1.00. The van der Waals surface area contributed by atoms with Crippen molar-refractivity contribution in [1.82, 2.24) is 0 Å². The summed E-state index contributed by atoms with van der Waals surface area (Å²) in [5, 5.41) is 10.8. The molecule has 1 aliphatic carbocycles. The Balaban J connectivity index is 1.64. The van der Waals surface area contributed by atoms with Crippen LogP contribution in [-0.2, 0) is 4.74 Å². The van der Waals surface area contributed by atoms with Crippen LogP contribution in [0.15, 0.2) is 0 Å². The molecule has 0 aromatic heterocycles. The lowest BCUT2D eigenvalue weighted by Crippen LogP contribution is -2.49. The molecule has 1 saturated carbocycles. The minimum atomic E-state index is -0.456. The SMILES string of the molecule is CC(O)(CC1CC1)C1CCOC2(CCSCC2)C1. The van der Waals surface area contributed by atoms with Gasteiger partial charge in [-0.15, -0.1) is 0 Å². The lowest BCUT2D eigenvalue weighted by Gasteiger charge is -2.47. The highest BCUT2D eigenvalue weighted by Gasteiger charge is 2.45. The first-order valence-corrected chi connectivity index (χ1v) is 8.69. The van der Waals surface area contributed by atoms with Gasteiger partial charge in [-0.25, -0.2) is 0 Å². The van der Waals surface area contributed by atoms with Crippen LogP contribution in [0.3, 0.4) is 0 Å². The predicted molar refractivity (Wildman–Crippen MR) is 75.9 cm³/mol. The molecule has 0 radical (unpaired) electrons. The monoisotopic (exact) mass is 270 g/mol. The van der Waals surface area contributed by atoms with E-state index in [1.807, 2.05) is 11.8 Å². The first-order chi connectivity index (χ1) is 8.60. The molecule has 0 bridgehead atoms. The Kier molecular flexibility index (Phi) is 3.68. The number of rotatable bonds is 3. The third-order valence-electron chi connectivity index (χ3n) is 5.18. The fourth-order valence-corrected chi connectivity index (χ4v) is 4.96. The van der Waals surface area contributed by atoms with Gasteiger partial charge in [0.25, 0.3) is 0 Å². The molecule has 2 saturated heterocycles. The third kappa shape index (κ3) is 2.88. The summed E-state index contributed by atoms with van der Waals surface area (Å²) < 4.78 is 6.13. The van der Waals surface area contributed by atoms with E-state index >= 15 is 0 Å². The standard InChI is InChI=1S/C15H26O2S/c1-14(16,10-12-2-3-12)13-4-7-17-15(11-13)5-8-18-9-6-15/h12-13,16H,2-11H2,1H3. The highest BCUT2D eigenvalue weighted by atomic mass is 32.2. The molecule has 0 amide bonds. The van der Waals surface area contributed by atoms with Gasteiger partial charge in [0.1, 0.15) is 0 Å². The van der Waals surface area contributed by atoms with Gasteiger partial charge in [0.15, 0.2) is 0 Å². The van der Waals surface area contributed by atoms with Crippen LogP contribution in [0, 0.1) is 11.8 Å².